The number of hydrogen-bond acceptors (Lipinski definition) is 3. The Morgan fingerprint density at radius 3 is 2.79 bits per heavy atom. The zero-order valence-corrected chi connectivity index (χ0v) is 11.3. The van der Waals surface area contributed by atoms with Crippen LogP contribution in [0.25, 0.3) is 0 Å². The minimum Gasteiger partial charge on any atom is -0.394 e. The van der Waals surface area contributed by atoms with Gasteiger partial charge in [0.15, 0.2) is 0 Å². The second kappa shape index (κ2) is 6.68. The van der Waals surface area contributed by atoms with E-state index in [0.29, 0.717) is 12.3 Å². The molecule has 1 amide bonds. The van der Waals surface area contributed by atoms with E-state index in [0.717, 1.165) is 18.5 Å². The minimum absolute atomic E-state index is 0.0000175. The third-order valence-electron chi connectivity index (χ3n) is 3.71. The normalized spacial score (nSPS) is 24.1. The first-order chi connectivity index (χ1) is 9.20. The maximum Gasteiger partial charge on any atom is 0.237 e. The van der Waals surface area contributed by atoms with Gasteiger partial charge in [-0.3, -0.25) is 4.79 Å². The van der Waals surface area contributed by atoms with E-state index in [1.54, 1.807) is 0 Å². The number of aliphatic hydroxyl groups is 1. The number of benzene rings is 1. The van der Waals surface area contributed by atoms with Gasteiger partial charge in [-0.15, -0.1) is 0 Å². The Labute approximate surface area is 114 Å². The molecule has 19 heavy (non-hydrogen) atoms. The molecular weight excluding hydrogens is 240 g/mol. The molecule has 104 valence electrons. The van der Waals surface area contributed by atoms with Crippen molar-refractivity contribution in [3.8, 4) is 0 Å². The Morgan fingerprint density at radius 2 is 2.21 bits per heavy atom. The molecule has 0 aromatic heterocycles. The monoisotopic (exact) mass is 262 g/mol. The molecule has 3 N–H and O–H groups in total. The highest BCUT2D eigenvalue weighted by Gasteiger charge is 2.30. The van der Waals surface area contributed by atoms with Crippen LogP contribution >= 0.6 is 0 Å². The molecule has 4 heteroatoms. The molecule has 0 radical (unpaired) electrons. The van der Waals surface area contributed by atoms with E-state index in [1.807, 2.05) is 30.3 Å². The zero-order valence-electron chi connectivity index (χ0n) is 11.3. The van der Waals surface area contributed by atoms with Gasteiger partial charge in [-0.1, -0.05) is 37.3 Å². The maximum absolute atomic E-state index is 12.1. The van der Waals surface area contributed by atoms with Gasteiger partial charge in [0.25, 0.3) is 0 Å². The van der Waals surface area contributed by atoms with Crippen LogP contribution in [0.4, 0.5) is 0 Å². The van der Waals surface area contributed by atoms with Crippen LogP contribution in [0.15, 0.2) is 30.3 Å². The second-order valence-corrected chi connectivity index (χ2v) is 5.28. The average Bonchev–Trinajstić information content (AvgIpc) is 2.85. The van der Waals surface area contributed by atoms with E-state index in [4.69, 9.17) is 0 Å². The summed E-state index contributed by atoms with van der Waals surface area (Å²) in [4.78, 5) is 12.1. The lowest BCUT2D eigenvalue weighted by atomic mass is 10.0. The quantitative estimate of drug-likeness (QED) is 0.732. The van der Waals surface area contributed by atoms with Gasteiger partial charge in [0.2, 0.25) is 5.91 Å². The number of aliphatic hydroxyl groups excluding tert-OH is 1. The van der Waals surface area contributed by atoms with Crippen molar-refractivity contribution in [1.29, 1.82) is 0 Å². The molecule has 1 aromatic carbocycles. The first kappa shape index (κ1) is 14.0. The fraction of sp³-hybridized carbons (Fsp3) is 0.533. The van der Waals surface area contributed by atoms with Crippen LogP contribution in [0.1, 0.15) is 18.9 Å². The summed E-state index contributed by atoms with van der Waals surface area (Å²) < 4.78 is 0. The highest BCUT2D eigenvalue weighted by atomic mass is 16.3. The molecule has 1 aromatic rings. The van der Waals surface area contributed by atoms with Gasteiger partial charge in [-0.2, -0.15) is 0 Å². The van der Waals surface area contributed by atoms with E-state index in [2.05, 4.69) is 17.6 Å². The standard InChI is InChI=1S/C15H22N2O2/c1-11-7-8-16-14(11)15(19)17-13(10-18)9-12-5-3-2-4-6-12/h2-6,11,13-14,16,18H,7-10H2,1H3,(H,17,19)/t11?,13-,14?/m0/s1. The van der Waals surface area contributed by atoms with Crippen molar-refractivity contribution in [3.63, 3.8) is 0 Å². The number of amides is 1. The van der Waals surface area contributed by atoms with Crippen molar-refractivity contribution >= 4 is 5.91 Å². The molecule has 0 spiro atoms. The first-order valence-electron chi connectivity index (χ1n) is 6.89. The molecule has 0 aliphatic carbocycles. The molecule has 1 aliphatic heterocycles. The molecule has 1 fully saturated rings. The molecule has 4 nitrogen and oxygen atoms in total. The molecule has 1 aliphatic rings. The van der Waals surface area contributed by atoms with E-state index in [9.17, 15) is 9.90 Å². The minimum atomic E-state index is -0.218. The Bertz CT molecular complexity index is 408. The van der Waals surface area contributed by atoms with Crippen LogP contribution in [0.2, 0.25) is 0 Å². The van der Waals surface area contributed by atoms with Crippen molar-refractivity contribution in [2.75, 3.05) is 13.2 Å². The number of rotatable bonds is 5. The molecule has 0 bridgehead atoms. The van der Waals surface area contributed by atoms with Crippen molar-refractivity contribution in [2.24, 2.45) is 5.92 Å². The zero-order chi connectivity index (χ0) is 13.7. The summed E-state index contributed by atoms with van der Waals surface area (Å²) in [7, 11) is 0. The molecule has 1 saturated heterocycles. The summed E-state index contributed by atoms with van der Waals surface area (Å²) in [6.07, 6.45) is 1.69. The van der Waals surface area contributed by atoms with Gasteiger partial charge in [-0.05, 0) is 30.9 Å². The number of hydrogen-bond donors (Lipinski definition) is 3. The fourth-order valence-electron chi connectivity index (χ4n) is 2.54. The van der Waals surface area contributed by atoms with Gasteiger partial charge >= 0.3 is 0 Å². The van der Waals surface area contributed by atoms with Gasteiger partial charge in [-0.25, -0.2) is 0 Å². The lowest BCUT2D eigenvalue weighted by molar-refractivity contribution is -0.124. The van der Waals surface area contributed by atoms with E-state index < -0.39 is 0 Å². The summed E-state index contributed by atoms with van der Waals surface area (Å²) in [5, 5.41) is 15.6. The van der Waals surface area contributed by atoms with E-state index in [1.165, 1.54) is 0 Å². The molecule has 2 rings (SSSR count). The summed E-state index contributed by atoms with van der Waals surface area (Å²) in [6.45, 7) is 2.93. The van der Waals surface area contributed by atoms with Gasteiger partial charge < -0.3 is 15.7 Å². The van der Waals surface area contributed by atoms with Crippen molar-refractivity contribution in [1.82, 2.24) is 10.6 Å². The lowest BCUT2D eigenvalue weighted by Gasteiger charge is -2.21. The largest absolute Gasteiger partial charge is 0.394 e. The molecule has 3 atom stereocenters. The first-order valence-corrected chi connectivity index (χ1v) is 6.89. The molecule has 0 saturated carbocycles. The Balaban J connectivity index is 1.90. The number of carbonyl (C=O) groups excluding carboxylic acids is 1. The highest BCUT2D eigenvalue weighted by Crippen LogP contribution is 2.14. The summed E-state index contributed by atoms with van der Waals surface area (Å²) in [6, 6.07) is 9.56. The molecular formula is C15H22N2O2. The van der Waals surface area contributed by atoms with Crippen molar-refractivity contribution in [3.05, 3.63) is 35.9 Å². The van der Waals surface area contributed by atoms with Gasteiger partial charge in [0.05, 0.1) is 18.7 Å². The SMILES string of the molecule is CC1CCNC1C(=O)N[C@H](CO)Cc1ccccc1. The van der Waals surface area contributed by atoms with Crippen LogP contribution in [-0.4, -0.2) is 36.2 Å². The smallest absolute Gasteiger partial charge is 0.237 e. The Hall–Kier alpha value is -1.39. The topological polar surface area (TPSA) is 61.4 Å². The van der Waals surface area contributed by atoms with Crippen LogP contribution in [0.3, 0.4) is 0 Å². The predicted molar refractivity (Wildman–Crippen MR) is 74.7 cm³/mol. The van der Waals surface area contributed by atoms with Gasteiger partial charge in [0.1, 0.15) is 0 Å². The lowest BCUT2D eigenvalue weighted by Crippen LogP contribution is -2.49. The Kier molecular flexibility index (Phi) is 4.93. The molecule has 1 heterocycles. The summed E-state index contributed by atoms with van der Waals surface area (Å²) in [5.74, 6) is 0.357. The van der Waals surface area contributed by atoms with Gasteiger partial charge in [0, 0.05) is 0 Å². The Morgan fingerprint density at radius 1 is 1.47 bits per heavy atom. The van der Waals surface area contributed by atoms with E-state index >= 15 is 0 Å². The van der Waals surface area contributed by atoms with E-state index in [-0.39, 0.29) is 24.6 Å². The van der Waals surface area contributed by atoms with Crippen LogP contribution in [0, 0.1) is 5.92 Å². The molecule has 2 unspecified atom stereocenters. The fourth-order valence-corrected chi connectivity index (χ4v) is 2.54. The average molecular weight is 262 g/mol. The predicted octanol–water partition coefficient (Wildman–Crippen LogP) is 0.704. The van der Waals surface area contributed by atoms with Crippen LogP contribution in [0.5, 0.6) is 0 Å². The number of nitrogens with one attached hydrogen (secondary N) is 2. The maximum atomic E-state index is 12.1. The third kappa shape index (κ3) is 3.78. The summed E-state index contributed by atoms with van der Waals surface area (Å²) >= 11 is 0. The van der Waals surface area contributed by atoms with Crippen LogP contribution < -0.4 is 10.6 Å². The van der Waals surface area contributed by atoms with Crippen LogP contribution in [-0.2, 0) is 11.2 Å². The van der Waals surface area contributed by atoms with Crippen molar-refractivity contribution < 1.29 is 9.90 Å². The number of carbonyl (C=O) groups is 1. The summed E-state index contributed by atoms with van der Waals surface area (Å²) in [5.41, 5.74) is 1.12. The third-order valence-corrected chi connectivity index (χ3v) is 3.71. The highest BCUT2D eigenvalue weighted by molar-refractivity contribution is 5.82. The van der Waals surface area contributed by atoms with Crippen molar-refractivity contribution in [2.45, 2.75) is 31.8 Å². The second-order valence-electron chi connectivity index (χ2n) is 5.28.